The lowest BCUT2D eigenvalue weighted by Gasteiger charge is -2.28. The van der Waals surface area contributed by atoms with Gasteiger partial charge in [0.1, 0.15) is 18.1 Å². The van der Waals surface area contributed by atoms with E-state index in [4.69, 9.17) is 4.74 Å². The number of carbonyl (C=O) groups is 2. The maximum Gasteiger partial charge on any atom is 0.265 e. The van der Waals surface area contributed by atoms with Crippen molar-refractivity contribution < 1.29 is 18.7 Å². The number of amides is 2. The molecule has 5 nitrogen and oxygen atoms in total. The van der Waals surface area contributed by atoms with Crippen molar-refractivity contribution in [3.63, 3.8) is 0 Å². The zero-order valence-corrected chi connectivity index (χ0v) is 12.3. The van der Waals surface area contributed by atoms with Gasteiger partial charge < -0.3 is 10.1 Å². The third kappa shape index (κ3) is 3.48. The molecule has 0 aromatic heterocycles. The summed E-state index contributed by atoms with van der Waals surface area (Å²) in [5.41, 5.74) is 1.37. The molecule has 2 aromatic carbocycles. The number of fused-ring (bicyclic) bond motifs is 1. The Morgan fingerprint density at radius 3 is 2.70 bits per heavy atom. The molecule has 1 heterocycles. The molecule has 0 aliphatic carbocycles. The highest BCUT2D eigenvalue weighted by atomic mass is 19.1. The molecule has 0 unspecified atom stereocenters. The molecule has 23 heavy (non-hydrogen) atoms. The Labute approximate surface area is 132 Å². The largest absolute Gasteiger partial charge is 0.482 e. The molecule has 1 aliphatic heterocycles. The van der Waals surface area contributed by atoms with Gasteiger partial charge in [-0.1, -0.05) is 24.3 Å². The summed E-state index contributed by atoms with van der Waals surface area (Å²) < 4.78 is 18.2. The maximum absolute atomic E-state index is 12.8. The number of benzene rings is 2. The Balaban J connectivity index is 1.63. The van der Waals surface area contributed by atoms with Gasteiger partial charge in [0, 0.05) is 6.54 Å². The van der Waals surface area contributed by atoms with Gasteiger partial charge in [-0.25, -0.2) is 4.39 Å². The second-order valence-electron chi connectivity index (χ2n) is 5.14. The minimum Gasteiger partial charge on any atom is -0.482 e. The number of nitrogens with zero attached hydrogens (tertiary/aromatic N) is 1. The third-order valence-electron chi connectivity index (χ3n) is 3.51. The zero-order chi connectivity index (χ0) is 16.2. The fourth-order valence-electron chi connectivity index (χ4n) is 2.33. The van der Waals surface area contributed by atoms with Crippen molar-refractivity contribution in [2.24, 2.45) is 0 Å². The predicted octanol–water partition coefficient (Wildman–Crippen LogP) is 1.87. The molecular formula is C17H15FN2O3. The van der Waals surface area contributed by atoms with Crippen LogP contribution in [0.1, 0.15) is 5.56 Å². The van der Waals surface area contributed by atoms with Crippen molar-refractivity contribution in [2.75, 3.05) is 18.1 Å². The first kappa shape index (κ1) is 15.0. The molecule has 118 valence electrons. The number of anilines is 1. The van der Waals surface area contributed by atoms with Crippen LogP contribution >= 0.6 is 0 Å². The Bertz CT molecular complexity index is 731. The highest BCUT2D eigenvalue weighted by Gasteiger charge is 2.26. The molecule has 6 heteroatoms. The SMILES string of the molecule is O=C(CN1C(=O)COc2ccccc21)NCc1ccc(F)cc1. The fraction of sp³-hybridized carbons (Fsp3) is 0.176. The van der Waals surface area contributed by atoms with Crippen molar-refractivity contribution >= 4 is 17.5 Å². The Morgan fingerprint density at radius 1 is 1.17 bits per heavy atom. The Kier molecular flexibility index (Phi) is 4.23. The van der Waals surface area contributed by atoms with Crippen LogP contribution in [0.15, 0.2) is 48.5 Å². The number of hydrogen-bond acceptors (Lipinski definition) is 3. The van der Waals surface area contributed by atoms with E-state index in [9.17, 15) is 14.0 Å². The van der Waals surface area contributed by atoms with E-state index in [1.807, 2.05) is 0 Å². The molecule has 0 radical (unpaired) electrons. The van der Waals surface area contributed by atoms with Crippen molar-refractivity contribution in [2.45, 2.75) is 6.54 Å². The summed E-state index contributed by atoms with van der Waals surface area (Å²) in [4.78, 5) is 25.5. The van der Waals surface area contributed by atoms with Crippen LogP contribution in [0.4, 0.5) is 10.1 Å². The average molecular weight is 314 g/mol. The Hall–Kier alpha value is -2.89. The number of halogens is 1. The van der Waals surface area contributed by atoms with Crippen LogP contribution in [0.5, 0.6) is 5.75 Å². The van der Waals surface area contributed by atoms with E-state index in [0.717, 1.165) is 5.56 Å². The quantitative estimate of drug-likeness (QED) is 0.937. The van der Waals surface area contributed by atoms with Crippen molar-refractivity contribution in [1.29, 1.82) is 0 Å². The number of rotatable bonds is 4. The van der Waals surface area contributed by atoms with Gasteiger partial charge in [-0.2, -0.15) is 0 Å². The van der Waals surface area contributed by atoms with Crippen molar-refractivity contribution in [1.82, 2.24) is 5.32 Å². The van der Waals surface area contributed by atoms with E-state index >= 15 is 0 Å². The number of hydrogen-bond donors (Lipinski definition) is 1. The summed E-state index contributed by atoms with van der Waals surface area (Å²) in [5.74, 6) is -0.297. The maximum atomic E-state index is 12.8. The van der Waals surface area contributed by atoms with E-state index in [2.05, 4.69) is 5.32 Å². The molecule has 2 amide bonds. The molecule has 0 fully saturated rings. The molecule has 0 saturated carbocycles. The monoisotopic (exact) mass is 314 g/mol. The topological polar surface area (TPSA) is 58.6 Å². The van der Waals surface area contributed by atoms with Crippen molar-refractivity contribution in [3.05, 3.63) is 59.9 Å². The van der Waals surface area contributed by atoms with E-state index in [1.165, 1.54) is 17.0 Å². The molecule has 2 aromatic rings. The molecule has 1 aliphatic rings. The molecular weight excluding hydrogens is 299 g/mol. The Morgan fingerprint density at radius 2 is 1.91 bits per heavy atom. The number of ether oxygens (including phenoxy) is 1. The van der Waals surface area contributed by atoms with Gasteiger partial charge >= 0.3 is 0 Å². The smallest absolute Gasteiger partial charge is 0.265 e. The zero-order valence-electron chi connectivity index (χ0n) is 12.3. The van der Waals surface area contributed by atoms with Gasteiger partial charge in [0.2, 0.25) is 5.91 Å². The number of nitrogens with one attached hydrogen (secondary N) is 1. The van der Waals surface area contributed by atoms with Gasteiger partial charge in [-0.05, 0) is 29.8 Å². The third-order valence-corrected chi connectivity index (χ3v) is 3.51. The molecule has 0 saturated heterocycles. The highest BCUT2D eigenvalue weighted by Crippen LogP contribution is 2.31. The second kappa shape index (κ2) is 6.48. The summed E-state index contributed by atoms with van der Waals surface area (Å²) in [6, 6.07) is 13.0. The summed E-state index contributed by atoms with van der Waals surface area (Å²) in [6.45, 7) is 0.113. The van der Waals surface area contributed by atoms with Gasteiger partial charge in [0.25, 0.3) is 5.91 Å². The first-order valence-electron chi connectivity index (χ1n) is 7.17. The summed E-state index contributed by atoms with van der Waals surface area (Å²) in [6.07, 6.45) is 0. The highest BCUT2D eigenvalue weighted by molar-refractivity contribution is 6.02. The van der Waals surface area contributed by atoms with Gasteiger partial charge in [-0.15, -0.1) is 0 Å². The lowest BCUT2D eigenvalue weighted by Crippen LogP contribution is -2.45. The van der Waals surface area contributed by atoms with Gasteiger partial charge in [0.15, 0.2) is 6.61 Å². The first-order chi connectivity index (χ1) is 11.1. The first-order valence-corrected chi connectivity index (χ1v) is 7.17. The van der Waals surface area contributed by atoms with E-state index < -0.39 is 0 Å². The lowest BCUT2D eigenvalue weighted by molar-refractivity contribution is -0.125. The standard InChI is InChI=1S/C17H15FN2O3/c18-13-7-5-12(6-8-13)9-19-16(21)10-20-14-3-1-2-4-15(14)23-11-17(20)22/h1-8H,9-11H2,(H,19,21). The van der Waals surface area contributed by atoms with Crippen LogP contribution in [0.3, 0.4) is 0 Å². The summed E-state index contributed by atoms with van der Waals surface area (Å²) >= 11 is 0. The number of carbonyl (C=O) groups excluding carboxylic acids is 2. The predicted molar refractivity (Wildman–Crippen MR) is 82.5 cm³/mol. The van der Waals surface area contributed by atoms with Gasteiger partial charge in [-0.3, -0.25) is 14.5 Å². The molecule has 3 rings (SSSR count). The van der Waals surface area contributed by atoms with Crippen molar-refractivity contribution in [3.8, 4) is 5.75 Å². The van der Waals surface area contributed by atoms with Crippen LogP contribution in [0.25, 0.3) is 0 Å². The number of para-hydroxylation sites is 2. The van der Waals surface area contributed by atoms with E-state index in [-0.39, 0.29) is 37.3 Å². The average Bonchev–Trinajstić information content (AvgIpc) is 2.57. The van der Waals surface area contributed by atoms with Crippen LogP contribution in [-0.4, -0.2) is 25.0 Å². The molecule has 1 N–H and O–H groups in total. The van der Waals surface area contributed by atoms with E-state index in [0.29, 0.717) is 11.4 Å². The summed E-state index contributed by atoms with van der Waals surface area (Å²) in [7, 11) is 0. The minimum atomic E-state index is -0.324. The fourth-order valence-corrected chi connectivity index (χ4v) is 2.33. The molecule has 0 spiro atoms. The molecule has 0 atom stereocenters. The second-order valence-corrected chi connectivity index (χ2v) is 5.14. The van der Waals surface area contributed by atoms with Gasteiger partial charge in [0.05, 0.1) is 5.69 Å². The minimum absolute atomic E-state index is 0.0811. The van der Waals surface area contributed by atoms with Crippen LogP contribution in [-0.2, 0) is 16.1 Å². The van der Waals surface area contributed by atoms with E-state index in [1.54, 1.807) is 36.4 Å². The van der Waals surface area contributed by atoms with Crippen LogP contribution in [0.2, 0.25) is 0 Å². The molecule has 0 bridgehead atoms. The normalized spacial score (nSPS) is 13.3. The lowest BCUT2D eigenvalue weighted by atomic mass is 10.2. The summed E-state index contributed by atoms with van der Waals surface area (Å²) in [5, 5.41) is 2.72. The van der Waals surface area contributed by atoms with Crippen LogP contribution < -0.4 is 15.0 Å². The van der Waals surface area contributed by atoms with Crippen LogP contribution in [0, 0.1) is 5.82 Å².